The van der Waals surface area contributed by atoms with Gasteiger partial charge in [-0.15, -0.1) is 0 Å². The Hall–Kier alpha value is -2.66. The van der Waals surface area contributed by atoms with E-state index >= 15 is 0 Å². The molecule has 2 aromatic carbocycles. The Morgan fingerprint density at radius 1 is 1.16 bits per heavy atom. The Kier molecular flexibility index (Phi) is 4.24. The van der Waals surface area contributed by atoms with Crippen molar-refractivity contribution in [3.8, 4) is 11.5 Å². The summed E-state index contributed by atoms with van der Waals surface area (Å²) < 4.78 is 10.7. The third-order valence-corrected chi connectivity index (χ3v) is 4.49. The highest BCUT2D eigenvalue weighted by Crippen LogP contribution is 2.32. The number of amides is 1. The zero-order valence-corrected chi connectivity index (χ0v) is 14.2. The van der Waals surface area contributed by atoms with Crippen molar-refractivity contribution in [2.45, 2.75) is 12.8 Å². The Labute approximate surface area is 149 Å². The van der Waals surface area contributed by atoms with Crippen LogP contribution >= 0.6 is 11.6 Å². The van der Waals surface area contributed by atoms with Gasteiger partial charge in [-0.05, 0) is 47.9 Å². The maximum Gasteiger partial charge on any atom is 0.231 e. The topological polar surface area (TPSA) is 63.4 Å². The molecule has 1 amide bonds. The van der Waals surface area contributed by atoms with Crippen LogP contribution in [0.1, 0.15) is 11.1 Å². The van der Waals surface area contributed by atoms with Gasteiger partial charge in [-0.1, -0.05) is 17.7 Å². The zero-order valence-electron chi connectivity index (χ0n) is 13.5. The predicted molar refractivity (Wildman–Crippen MR) is 96.3 cm³/mol. The summed E-state index contributed by atoms with van der Waals surface area (Å²) in [6.45, 7) is 0.839. The lowest BCUT2D eigenvalue weighted by atomic mass is 10.1. The first-order chi connectivity index (χ1) is 12.2. The summed E-state index contributed by atoms with van der Waals surface area (Å²) >= 11 is 6.04. The monoisotopic (exact) mass is 356 g/mol. The number of H-pyrrole nitrogens is 1. The molecule has 0 bridgehead atoms. The van der Waals surface area contributed by atoms with E-state index in [4.69, 9.17) is 21.1 Å². The van der Waals surface area contributed by atoms with Gasteiger partial charge in [0.25, 0.3) is 0 Å². The SMILES string of the molecule is O=C(Cc1c[nH]c2ccc(Cl)cc12)NCCc1ccc2c(c1)OCO2. The molecule has 1 aromatic heterocycles. The van der Waals surface area contributed by atoms with Crippen LogP contribution in [0.2, 0.25) is 5.02 Å². The maximum absolute atomic E-state index is 12.2. The second kappa shape index (κ2) is 6.69. The van der Waals surface area contributed by atoms with Crippen molar-refractivity contribution in [1.29, 1.82) is 0 Å². The van der Waals surface area contributed by atoms with Crippen molar-refractivity contribution in [3.63, 3.8) is 0 Å². The van der Waals surface area contributed by atoms with Crippen LogP contribution in [0.3, 0.4) is 0 Å². The van der Waals surface area contributed by atoms with E-state index in [-0.39, 0.29) is 12.7 Å². The molecular weight excluding hydrogens is 340 g/mol. The van der Waals surface area contributed by atoms with Crippen molar-refractivity contribution >= 4 is 28.4 Å². The number of halogens is 1. The first kappa shape index (κ1) is 15.8. The molecule has 128 valence electrons. The van der Waals surface area contributed by atoms with Crippen molar-refractivity contribution < 1.29 is 14.3 Å². The van der Waals surface area contributed by atoms with Crippen LogP contribution in [0.15, 0.2) is 42.6 Å². The Balaban J connectivity index is 1.34. The second-order valence-electron chi connectivity index (χ2n) is 5.97. The van der Waals surface area contributed by atoms with E-state index in [1.807, 2.05) is 42.6 Å². The van der Waals surface area contributed by atoms with Crippen molar-refractivity contribution in [1.82, 2.24) is 10.3 Å². The molecule has 1 aliphatic heterocycles. The van der Waals surface area contributed by atoms with Gasteiger partial charge in [-0.2, -0.15) is 0 Å². The zero-order chi connectivity index (χ0) is 17.2. The highest BCUT2D eigenvalue weighted by Gasteiger charge is 2.13. The first-order valence-electron chi connectivity index (χ1n) is 8.10. The van der Waals surface area contributed by atoms with Crippen LogP contribution in [0.5, 0.6) is 11.5 Å². The Morgan fingerprint density at radius 2 is 2.04 bits per heavy atom. The van der Waals surface area contributed by atoms with Gasteiger partial charge in [-0.25, -0.2) is 0 Å². The van der Waals surface area contributed by atoms with Gasteiger partial charge in [0.15, 0.2) is 11.5 Å². The molecule has 25 heavy (non-hydrogen) atoms. The lowest BCUT2D eigenvalue weighted by Crippen LogP contribution is -2.27. The molecule has 0 atom stereocenters. The van der Waals surface area contributed by atoms with Gasteiger partial charge >= 0.3 is 0 Å². The van der Waals surface area contributed by atoms with Crippen molar-refractivity contribution in [2.75, 3.05) is 13.3 Å². The molecule has 6 heteroatoms. The quantitative estimate of drug-likeness (QED) is 0.736. The van der Waals surface area contributed by atoms with E-state index in [1.54, 1.807) is 0 Å². The highest BCUT2D eigenvalue weighted by molar-refractivity contribution is 6.31. The number of nitrogens with one attached hydrogen (secondary N) is 2. The smallest absolute Gasteiger partial charge is 0.231 e. The van der Waals surface area contributed by atoms with Crippen LogP contribution in [0.25, 0.3) is 10.9 Å². The van der Waals surface area contributed by atoms with Crippen LogP contribution in [0.4, 0.5) is 0 Å². The maximum atomic E-state index is 12.2. The van der Waals surface area contributed by atoms with Crippen LogP contribution in [0, 0.1) is 0 Å². The number of carbonyl (C=O) groups is 1. The van der Waals surface area contributed by atoms with Crippen LogP contribution in [-0.4, -0.2) is 24.2 Å². The summed E-state index contributed by atoms with van der Waals surface area (Å²) in [4.78, 5) is 15.4. The minimum Gasteiger partial charge on any atom is -0.454 e. The average Bonchev–Trinajstić information content (AvgIpc) is 3.21. The lowest BCUT2D eigenvalue weighted by molar-refractivity contribution is -0.120. The number of carbonyl (C=O) groups excluding carboxylic acids is 1. The Morgan fingerprint density at radius 3 is 2.96 bits per heavy atom. The number of aromatic nitrogens is 1. The number of hydrogen-bond donors (Lipinski definition) is 2. The van der Waals surface area contributed by atoms with Gasteiger partial charge in [0.2, 0.25) is 12.7 Å². The van der Waals surface area contributed by atoms with Gasteiger partial charge in [0.1, 0.15) is 0 Å². The molecule has 0 saturated carbocycles. The minimum absolute atomic E-state index is 0.0124. The number of fused-ring (bicyclic) bond motifs is 2. The molecule has 4 rings (SSSR count). The molecule has 1 aliphatic rings. The van der Waals surface area contributed by atoms with Crippen molar-refractivity contribution in [2.24, 2.45) is 0 Å². The molecule has 0 unspecified atom stereocenters. The van der Waals surface area contributed by atoms with Gasteiger partial charge < -0.3 is 19.8 Å². The van der Waals surface area contributed by atoms with Crippen LogP contribution < -0.4 is 14.8 Å². The first-order valence-corrected chi connectivity index (χ1v) is 8.47. The van der Waals surface area contributed by atoms with Gasteiger partial charge in [0.05, 0.1) is 6.42 Å². The third-order valence-electron chi connectivity index (χ3n) is 4.25. The van der Waals surface area contributed by atoms with E-state index < -0.39 is 0 Å². The van der Waals surface area contributed by atoms with E-state index in [1.165, 1.54) is 0 Å². The number of ether oxygens (including phenoxy) is 2. The number of aromatic amines is 1. The normalized spacial score (nSPS) is 12.5. The molecule has 0 saturated heterocycles. The number of benzene rings is 2. The standard InChI is InChI=1S/C19H17ClN2O3/c20-14-2-3-16-15(9-14)13(10-22-16)8-19(23)21-6-5-12-1-4-17-18(7-12)25-11-24-17/h1-4,7,9-10,22H,5-6,8,11H2,(H,21,23). The van der Waals surface area contributed by atoms with E-state index in [0.717, 1.165) is 39.9 Å². The number of hydrogen-bond acceptors (Lipinski definition) is 3. The summed E-state index contributed by atoms with van der Waals surface area (Å²) in [7, 11) is 0. The molecule has 0 radical (unpaired) electrons. The van der Waals surface area contributed by atoms with Gasteiger partial charge in [-0.3, -0.25) is 4.79 Å². The largest absolute Gasteiger partial charge is 0.454 e. The summed E-state index contributed by atoms with van der Waals surface area (Å²) in [6, 6.07) is 11.5. The lowest BCUT2D eigenvalue weighted by Gasteiger charge is -2.06. The second-order valence-corrected chi connectivity index (χ2v) is 6.40. The van der Waals surface area contributed by atoms with E-state index in [0.29, 0.717) is 18.0 Å². The average molecular weight is 357 g/mol. The molecule has 0 spiro atoms. The fourth-order valence-electron chi connectivity index (χ4n) is 2.98. The number of rotatable bonds is 5. The molecule has 5 nitrogen and oxygen atoms in total. The molecule has 0 fully saturated rings. The third kappa shape index (κ3) is 3.42. The fourth-order valence-corrected chi connectivity index (χ4v) is 3.15. The summed E-state index contributed by atoms with van der Waals surface area (Å²) in [5.74, 6) is 1.52. The Bertz CT molecular complexity index is 936. The highest BCUT2D eigenvalue weighted by atomic mass is 35.5. The molecule has 2 heterocycles. The molecule has 2 N–H and O–H groups in total. The fraction of sp³-hybridized carbons (Fsp3) is 0.211. The minimum atomic E-state index is -0.0124. The molecule has 0 aliphatic carbocycles. The van der Waals surface area contributed by atoms with Crippen LogP contribution in [-0.2, 0) is 17.6 Å². The summed E-state index contributed by atoms with van der Waals surface area (Å²) in [5.41, 5.74) is 3.02. The summed E-state index contributed by atoms with van der Waals surface area (Å²) in [6.07, 6.45) is 2.92. The van der Waals surface area contributed by atoms with Gasteiger partial charge in [0, 0.05) is 28.7 Å². The van der Waals surface area contributed by atoms with E-state index in [2.05, 4.69) is 10.3 Å². The van der Waals surface area contributed by atoms with E-state index in [9.17, 15) is 4.79 Å². The summed E-state index contributed by atoms with van der Waals surface area (Å²) in [5, 5.41) is 4.61. The molecule has 3 aromatic rings. The predicted octanol–water partition coefficient (Wildman–Crippen LogP) is 3.45. The molecular formula is C19H17ClN2O3. The van der Waals surface area contributed by atoms with Crippen molar-refractivity contribution in [3.05, 3.63) is 58.7 Å².